The highest BCUT2D eigenvalue weighted by Crippen LogP contribution is 2.26. The summed E-state index contributed by atoms with van der Waals surface area (Å²) in [6, 6.07) is 1.95. The van der Waals surface area contributed by atoms with Gasteiger partial charge in [0.25, 0.3) is 0 Å². The molecule has 2 heterocycles. The summed E-state index contributed by atoms with van der Waals surface area (Å²) in [6.07, 6.45) is 0. The SMILES string of the molecule is Cc1cc(SCc2nnsc2Cl)nc(C)n1. The second kappa shape index (κ2) is 5.07. The van der Waals surface area contributed by atoms with Gasteiger partial charge in [0, 0.05) is 23.0 Å². The van der Waals surface area contributed by atoms with E-state index in [2.05, 4.69) is 19.6 Å². The Hall–Kier alpha value is -0.720. The number of thioether (sulfide) groups is 1. The van der Waals surface area contributed by atoms with Crippen LogP contribution >= 0.6 is 34.9 Å². The maximum absolute atomic E-state index is 5.92. The van der Waals surface area contributed by atoms with Crippen LogP contribution in [-0.4, -0.2) is 19.6 Å². The molecule has 0 radical (unpaired) electrons. The molecule has 0 aliphatic rings. The third-order valence-electron chi connectivity index (χ3n) is 1.81. The smallest absolute Gasteiger partial charge is 0.138 e. The minimum absolute atomic E-state index is 0.648. The molecule has 7 heteroatoms. The van der Waals surface area contributed by atoms with Crippen LogP contribution in [0.25, 0.3) is 0 Å². The van der Waals surface area contributed by atoms with E-state index >= 15 is 0 Å². The van der Waals surface area contributed by atoms with Gasteiger partial charge in [-0.15, -0.1) is 5.10 Å². The Bertz CT molecular complexity index is 480. The summed E-state index contributed by atoms with van der Waals surface area (Å²) < 4.78 is 4.43. The van der Waals surface area contributed by atoms with Crippen LogP contribution in [0.1, 0.15) is 17.2 Å². The van der Waals surface area contributed by atoms with Crippen molar-refractivity contribution < 1.29 is 0 Å². The van der Waals surface area contributed by atoms with Gasteiger partial charge in [0.2, 0.25) is 0 Å². The Labute approximate surface area is 107 Å². The summed E-state index contributed by atoms with van der Waals surface area (Å²) in [5.74, 6) is 1.47. The van der Waals surface area contributed by atoms with Gasteiger partial charge in [0.15, 0.2) is 0 Å². The Morgan fingerprint density at radius 1 is 1.38 bits per heavy atom. The molecular formula is C9H9ClN4S2. The van der Waals surface area contributed by atoms with Gasteiger partial charge < -0.3 is 0 Å². The van der Waals surface area contributed by atoms with Crippen molar-refractivity contribution in [3.05, 3.63) is 27.6 Å². The fourth-order valence-corrected chi connectivity index (χ4v) is 2.92. The van der Waals surface area contributed by atoms with Crippen molar-refractivity contribution in [3.8, 4) is 0 Å². The molecule has 0 fully saturated rings. The number of halogens is 1. The molecule has 0 amide bonds. The second-order valence-electron chi connectivity index (χ2n) is 3.18. The van der Waals surface area contributed by atoms with Crippen LogP contribution in [0, 0.1) is 13.8 Å². The molecule has 0 aromatic carbocycles. The molecule has 0 bridgehead atoms. The maximum Gasteiger partial charge on any atom is 0.138 e. The predicted octanol–water partition coefficient (Wildman–Crippen LogP) is 2.89. The van der Waals surface area contributed by atoms with E-state index in [0.717, 1.165) is 22.2 Å². The van der Waals surface area contributed by atoms with E-state index in [1.807, 2.05) is 19.9 Å². The minimum Gasteiger partial charge on any atom is -0.238 e. The lowest BCUT2D eigenvalue weighted by molar-refractivity contribution is 0.935. The Morgan fingerprint density at radius 2 is 2.19 bits per heavy atom. The average molecular weight is 273 g/mol. The highest BCUT2D eigenvalue weighted by molar-refractivity contribution is 7.98. The zero-order valence-electron chi connectivity index (χ0n) is 8.77. The normalized spacial score (nSPS) is 10.7. The minimum atomic E-state index is 0.648. The highest BCUT2D eigenvalue weighted by atomic mass is 35.5. The molecule has 16 heavy (non-hydrogen) atoms. The van der Waals surface area contributed by atoms with Gasteiger partial charge >= 0.3 is 0 Å². The van der Waals surface area contributed by atoms with Crippen LogP contribution in [0.4, 0.5) is 0 Å². The Kier molecular flexibility index (Phi) is 3.73. The van der Waals surface area contributed by atoms with Crippen LogP contribution in [-0.2, 0) is 5.75 Å². The lowest BCUT2D eigenvalue weighted by Gasteiger charge is -2.01. The molecular weight excluding hydrogens is 264 g/mol. The van der Waals surface area contributed by atoms with Gasteiger partial charge in [0.1, 0.15) is 20.9 Å². The van der Waals surface area contributed by atoms with E-state index in [1.165, 1.54) is 11.5 Å². The molecule has 0 N–H and O–H groups in total. The number of aromatic nitrogens is 4. The van der Waals surface area contributed by atoms with Crippen molar-refractivity contribution >= 4 is 34.9 Å². The molecule has 0 aliphatic heterocycles. The predicted molar refractivity (Wildman–Crippen MR) is 66.0 cm³/mol. The monoisotopic (exact) mass is 272 g/mol. The summed E-state index contributed by atoms with van der Waals surface area (Å²) in [4.78, 5) is 8.55. The average Bonchev–Trinajstić information content (AvgIpc) is 2.59. The van der Waals surface area contributed by atoms with Crippen molar-refractivity contribution in [2.75, 3.05) is 0 Å². The molecule has 0 spiro atoms. The molecule has 4 nitrogen and oxygen atoms in total. The molecule has 0 saturated carbocycles. The van der Waals surface area contributed by atoms with Crippen LogP contribution in [0.2, 0.25) is 4.34 Å². The fourth-order valence-electron chi connectivity index (χ4n) is 1.18. The van der Waals surface area contributed by atoms with Crippen molar-refractivity contribution in [1.29, 1.82) is 0 Å². The molecule has 2 rings (SSSR count). The summed E-state index contributed by atoms with van der Waals surface area (Å²) in [5, 5.41) is 4.89. The van der Waals surface area contributed by atoms with E-state index in [4.69, 9.17) is 11.6 Å². The summed E-state index contributed by atoms with van der Waals surface area (Å²) in [5.41, 5.74) is 1.78. The van der Waals surface area contributed by atoms with E-state index < -0.39 is 0 Å². The van der Waals surface area contributed by atoms with Crippen molar-refractivity contribution in [2.45, 2.75) is 24.6 Å². The molecule has 0 atom stereocenters. The van der Waals surface area contributed by atoms with Crippen LogP contribution in [0.15, 0.2) is 11.1 Å². The van der Waals surface area contributed by atoms with Crippen LogP contribution in [0.3, 0.4) is 0 Å². The topological polar surface area (TPSA) is 51.6 Å². The van der Waals surface area contributed by atoms with Gasteiger partial charge in [0.05, 0.1) is 0 Å². The maximum atomic E-state index is 5.92. The molecule has 0 unspecified atom stereocenters. The number of nitrogens with zero attached hydrogens (tertiary/aromatic N) is 4. The quantitative estimate of drug-likeness (QED) is 0.635. The van der Waals surface area contributed by atoms with E-state index in [9.17, 15) is 0 Å². The molecule has 0 aliphatic carbocycles. The fraction of sp³-hybridized carbons (Fsp3) is 0.333. The van der Waals surface area contributed by atoms with E-state index in [-0.39, 0.29) is 0 Å². The number of hydrogen-bond acceptors (Lipinski definition) is 6. The van der Waals surface area contributed by atoms with Crippen molar-refractivity contribution in [2.24, 2.45) is 0 Å². The first-order valence-electron chi connectivity index (χ1n) is 4.57. The summed E-state index contributed by atoms with van der Waals surface area (Å²) in [7, 11) is 0. The largest absolute Gasteiger partial charge is 0.238 e. The standard InChI is InChI=1S/C9H9ClN4S2/c1-5-3-8(12-6(2)11-5)15-4-7-9(10)16-14-13-7/h3H,4H2,1-2H3. The molecule has 0 saturated heterocycles. The zero-order chi connectivity index (χ0) is 11.5. The summed E-state index contributed by atoms with van der Waals surface area (Å²) >= 11 is 8.71. The van der Waals surface area contributed by atoms with Gasteiger partial charge in [-0.05, 0) is 19.9 Å². The van der Waals surface area contributed by atoms with Gasteiger partial charge in [-0.2, -0.15) is 0 Å². The third kappa shape index (κ3) is 2.90. The third-order valence-corrected chi connectivity index (χ3v) is 3.72. The van der Waals surface area contributed by atoms with Crippen LogP contribution < -0.4 is 0 Å². The zero-order valence-corrected chi connectivity index (χ0v) is 11.2. The van der Waals surface area contributed by atoms with Crippen molar-refractivity contribution in [3.63, 3.8) is 0 Å². The van der Waals surface area contributed by atoms with E-state index in [0.29, 0.717) is 10.1 Å². The van der Waals surface area contributed by atoms with Crippen molar-refractivity contribution in [1.82, 2.24) is 19.6 Å². The van der Waals surface area contributed by atoms with Gasteiger partial charge in [-0.25, -0.2) is 9.97 Å². The molecule has 84 valence electrons. The first kappa shape index (κ1) is 11.8. The second-order valence-corrected chi connectivity index (χ2v) is 5.53. The Morgan fingerprint density at radius 3 is 2.81 bits per heavy atom. The Balaban J connectivity index is 2.07. The number of rotatable bonds is 3. The first-order valence-corrected chi connectivity index (χ1v) is 6.70. The van der Waals surface area contributed by atoms with Gasteiger partial charge in [-0.1, -0.05) is 27.9 Å². The lowest BCUT2D eigenvalue weighted by atomic mass is 10.4. The molecule has 2 aromatic rings. The summed E-state index contributed by atoms with van der Waals surface area (Å²) in [6.45, 7) is 3.84. The lowest BCUT2D eigenvalue weighted by Crippen LogP contribution is -1.93. The van der Waals surface area contributed by atoms with E-state index in [1.54, 1.807) is 11.8 Å². The molecule has 2 aromatic heterocycles. The van der Waals surface area contributed by atoms with Gasteiger partial charge in [-0.3, -0.25) is 0 Å². The number of hydrogen-bond donors (Lipinski definition) is 0. The first-order chi connectivity index (χ1) is 7.65. The highest BCUT2D eigenvalue weighted by Gasteiger charge is 2.07. The number of aryl methyl sites for hydroxylation is 2. The van der Waals surface area contributed by atoms with Crippen LogP contribution in [0.5, 0.6) is 0 Å².